The third-order valence-corrected chi connectivity index (χ3v) is 5.39. The number of fused-ring (bicyclic) bond motifs is 1. The molecule has 0 bridgehead atoms. The smallest absolute Gasteiger partial charge is 0.128 e. The van der Waals surface area contributed by atoms with Crippen LogP contribution in [-0.4, -0.2) is 52.6 Å². The molecule has 0 saturated carbocycles. The van der Waals surface area contributed by atoms with E-state index in [-0.39, 0.29) is 0 Å². The number of thiazole rings is 1. The van der Waals surface area contributed by atoms with E-state index in [1.807, 2.05) is 35.2 Å². The van der Waals surface area contributed by atoms with Crippen LogP contribution in [0.3, 0.4) is 0 Å². The summed E-state index contributed by atoms with van der Waals surface area (Å²) in [5.74, 6) is 1.57. The number of rotatable bonds is 3. The first-order valence-electron chi connectivity index (χ1n) is 8.14. The number of nitrogens with zero attached hydrogens (tertiary/aromatic N) is 3. The molecular formula is C18H19N3O3S. The maximum atomic E-state index is 9.82. The van der Waals surface area contributed by atoms with E-state index in [1.54, 1.807) is 24.6 Å². The highest BCUT2D eigenvalue weighted by Crippen LogP contribution is 2.32. The molecule has 2 N–H and O–H groups in total. The Kier molecular flexibility index (Phi) is 4.29. The molecule has 130 valence electrons. The summed E-state index contributed by atoms with van der Waals surface area (Å²) >= 11 is 1.60. The van der Waals surface area contributed by atoms with Crippen LogP contribution < -0.4 is 9.64 Å². The Morgan fingerprint density at radius 2 is 1.96 bits per heavy atom. The summed E-state index contributed by atoms with van der Waals surface area (Å²) in [4.78, 5) is 11.1. The predicted molar refractivity (Wildman–Crippen MR) is 98.2 cm³/mol. The number of hydrogen-bond donors (Lipinski definition) is 2. The number of methoxy groups -OCH3 is 1. The molecule has 0 unspecified atom stereocenters. The Labute approximate surface area is 149 Å². The van der Waals surface area contributed by atoms with Gasteiger partial charge in [0.15, 0.2) is 0 Å². The zero-order valence-corrected chi connectivity index (χ0v) is 14.6. The van der Waals surface area contributed by atoms with E-state index in [2.05, 4.69) is 9.97 Å². The molecule has 0 aliphatic carbocycles. The summed E-state index contributed by atoms with van der Waals surface area (Å²) in [6.45, 7) is 0.981. The number of aromatic nitrogens is 2. The number of piperidine rings is 1. The maximum absolute atomic E-state index is 9.82. The minimum Gasteiger partial charge on any atom is -0.497 e. The Morgan fingerprint density at radius 3 is 2.64 bits per heavy atom. The monoisotopic (exact) mass is 357 g/mol. The minimum atomic E-state index is -0.524. The summed E-state index contributed by atoms with van der Waals surface area (Å²) in [5.41, 5.74) is 1.88. The number of aliphatic hydroxyl groups is 2. The highest BCUT2D eigenvalue weighted by Gasteiger charge is 2.25. The van der Waals surface area contributed by atoms with Gasteiger partial charge in [-0.25, -0.2) is 9.97 Å². The average molecular weight is 357 g/mol. The van der Waals surface area contributed by atoms with Gasteiger partial charge in [-0.3, -0.25) is 0 Å². The SMILES string of the molecule is COc1ccc2nc(-c3ccc(N4C[C@@H](O)C[C@H](O)C4)nc3)sc2c1. The van der Waals surface area contributed by atoms with E-state index >= 15 is 0 Å². The molecule has 0 radical (unpaired) electrons. The van der Waals surface area contributed by atoms with Crippen molar-refractivity contribution in [3.63, 3.8) is 0 Å². The van der Waals surface area contributed by atoms with Gasteiger partial charge < -0.3 is 19.8 Å². The van der Waals surface area contributed by atoms with Gasteiger partial charge in [0.2, 0.25) is 0 Å². The van der Waals surface area contributed by atoms with Gasteiger partial charge >= 0.3 is 0 Å². The van der Waals surface area contributed by atoms with Gasteiger partial charge in [-0.2, -0.15) is 0 Å². The van der Waals surface area contributed by atoms with Crippen LogP contribution in [0.1, 0.15) is 6.42 Å². The molecule has 3 heterocycles. The number of hydrogen-bond acceptors (Lipinski definition) is 7. The molecule has 1 saturated heterocycles. The fraction of sp³-hybridized carbons (Fsp3) is 0.333. The second-order valence-electron chi connectivity index (χ2n) is 6.21. The summed E-state index contributed by atoms with van der Waals surface area (Å²) < 4.78 is 6.33. The van der Waals surface area contributed by atoms with Crippen LogP contribution in [0.25, 0.3) is 20.8 Å². The third-order valence-electron chi connectivity index (χ3n) is 4.32. The first kappa shape index (κ1) is 16.3. The van der Waals surface area contributed by atoms with Crippen LogP contribution in [0.5, 0.6) is 5.75 Å². The zero-order valence-electron chi connectivity index (χ0n) is 13.8. The molecule has 1 fully saturated rings. The summed E-state index contributed by atoms with van der Waals surface area (Å²) in [7, 11) is 1.65. The van der Waals surface area contributed by atoms with Crippen LogP contribution in [-0.2, 0) is 0 Å². The van der Waals surface area contributed by atoms with E-state index in [4.69, 9.17) is 4.74 Å². The third kappa shape index (κ3) is 3.30. The zero-order chi connectivity index (χ0) is 17.4. The Morgan fingerprint density at radius 1 is 1.16 bits per heavy atom. The molecule has 1 aliphatic heterocycles. The molecule has 1 aromatic carbocycles. The van der Waals surface area contributed by atoms with Crippen molar-refractivity contribution in [1.29, 1.82) is 0 Å². The second-order valence-corrected chi connectivity index (χ2v) is 7.24. The predicted octanol–water partition coefficient (Wildman–Crippen LogP) is 2.30. The molecular weight excluding hydrogens is 338 g/mol. The number of benzene rings is 1. The van der Waals surface area contributed by atoms with Crippen LogP contribution in [0.4, 0.5) is 5.82 Å². The minimum absolute atomic E-state index is 0.420. The van der Waals surface area contributed by atoms with Gasteiger partial charge in [0.25, 0.3) is 0 Å². The van der Waals surface area contributed by atoms with Crippen LogP contribution in [0.2, 0.25) is 0 Å². The van der Waals surface area contributed by atoms with Crippen LogP contribution in [0, 0.1) is 0 Å². The van der Waals surface area contributed by atoms with Crippen molar-refractivity contribution in [2.75, 3.05) is 25.1 Å². The quantitative estimate of drug-likeness (QED) is 0.749. The van der Waals surface area contributed by atoms with Gasteiger partial charge in [-0.15, -0.1) is 11.3 Å². The van der Waals surface area contributed by atoms with Crippen molar-refractivity contribution in [2.24, 2.45) is 0 Å². The molecule has 3 aromatic rings. The standard InChI is InChI=1S/C18H19N3O3S/c1-24-14-3-4-15-16(7-14)25-18(20-15)11-2-5-17(19-8-11)21-9-12(22)6-13(23)10-21/h2-5,7-8,12-13,22-23H,6,9-10H2,1H3/t12-,13-/m0/s1. The topological polar surface area (TPSA) is 78.7 Å². The van der Waals surface area contributed by atoms with Crippen molar-refractivity contribution in [3.05, 3.63) is 36.5 Å². The first-order valence-corrected chi connectivity index (χ1v) is 8.96. The molecule has 4 rings (SSSR count). The van der Waals surface area contributed by atoms with E-state index in [0.29, 0.717) is 19.5 Å². The van der Waals surface area contributed by atoms with Gasteiger partial charge in [-0.1, -0.05) is 0 Å². The molecule has 2 atom stereocenters. The molecule has 6 nitrogen and oxygen atoms in total. The highest BCUT2D eigenvalue weighted by molar-refractivity contribution is 7.21. The van der Waals surface area contributed by atoms with E-state index < -0.39 is 12.2 Å². The largest absolute Gasteiger partial charge is 0.497 e. The van der Waals surface area contributed by atoms with Gasteiger partial charge in [0.05, 0.1) is 29.5 Å². The summed E-state index contributed by atoms with van der Waals surface area (Å²) in [5, 5.41) is 20.5. The lowest BCUT2D eigenvalue weighted by Gasteiger charge is -2.34. The molecule has 0 spiro atoms. The number of aliphatic hydroxyl groups excluding tert-OH is 2. The van der Waals surface area contributed by atoms with Crippen molar-refractivity contribution in [1.82, 2.24) is 9.97 Å². The number of ether oxygens (including phenoxy) is 1. The summed E-state index contributed by atoms with van der Waals surface area (Å²) in [6.07, 6.45) is 1.16. The fourth-order valence-electron chi connectivity index (χ4n) is 3.09. The van der Waals surface area contributed by atoms with Crippen LogP contribution in [0.15, 0.2) is 36.5 Å². The average Bonchev–Trinajstić information content (AvgIpc) is 3.04. The van der Waals surface area contributed by atoms with Crippen LogP contribution >= 0.6 is 11.3 Å². The normalized spacial score (nSPS) is 20.8. The van der Waals surface area contributed by atoms with E-state index in [0.717, 1.165) is 32.4 Å². The van der Waals surface area contributed by atoms with Crippen molar-refractivity contribution >= 4 is 27.4 Å². The molecule has 7 heteroatoms. The first-order chi connectivity index (χ1) is 12.1. The van der Waals surface area contributed by atoms with Crippen molar-refractivity contribution in [2.45, 2.75) is 18.6 Å². The maximum Gasteiger partial charge on any atom is 0.128 e. The van der Waals surface area contributed by atoms with Gasteiger partial charge in [0.1, 0.15) is 16.6 Å². The second kappa shape index (κ2) is 6.59. The van der Waals surface area contributed by atoms with Crippen molar-refractivity contribution in [3.8, 4) is 16.3 Å². The Hall–Kier alpha value is -2.22. The summed E-state index contributed by atoms with van der Waals surface area (Å²) in [6, 6.07) is 9.72. The highest BCUT2D eigenvalue weighted by atomic mass is 32.1. The van der Waals surface area contributed by atoms with E-state index in [9.17, 15) is 10.2 Å². The molecule has 2 aromatic heterocycles. The van der Waals surface area contributed by atoms with E-state index in [1.165, 1.54) is 0 Å². The number of pyridine rings is 1. The molecule has 1 aliphatic rings. The lowest BCUT2D eigenvalue weighted by atomic mass is 10.1. The Bertz CT molecular complexity index is 871. The fourth-order valence-corrected chi connectivity index (χ4v) is 4.07. The number of β-amino-alcohol motifs (C(OH)–C–C–N with tert-alkyl or cyclic N) is 2. The molecule has 25 heavy (non-hydrogen) atoms. The molecule has 0 amide bonds. The Balaban J connectivity index is 1.59. The van der Waals surface area contributed by atoms with Crippen molar-refractivity contribution < 1.29 is 14.9 Å². The lowest BCUT2D eigenvalue weighted by molar-refractivity contribution is 0.0648. The lowest BCUT2D eigenvalue weighted by Crippen LogP contribution is -2.46. The number of anilines is 1. The van der Waals surface area contributed by atoms with Gasteiger partial charge in [-0.05, 0) is 30.3 Å². The van der Waals surface area contributed by atoms with Gasteiger partial charge in [0, 0.05) is 31.3 Å².